The Morgan fingerprint density at radius 2 is 2.00 bits per heavy atom. The number of halogens is 1. The van der Waals surface area contributed by atoms with Crippen LogP contribution in [0.4, 0.5) is 0 Å². The standard InChI is InChI=1S/C13H17BrO3/c1-8-11(13(2,3)7-15)9(14)6-10-12(8)17-5-4-16-10/h6,15H,4-5,7H2,1-3H3. The average Bonchev–Trinajstić information content (AvgIpc) is 2.28. The van der Waals surface area contributed by atoms with Gasteiger partial charge in [-0.05, 0) is 24.1 Å². The Morgan fingerprint density at radius 1 is 1.35 bits per heavy atom. The zero-order chi connectivity index (χ0) is 12.6. The molecule has 0 spiro atoms. The molecule has 0 aromatic heterocycles. The summed E-state index contributed by atoms with van der Waals surface area (Å²) in [5.74, 6) is 1.58. The number of hydrogen-bond acceptors (Lipinski definition) is 3. The average molecular weight is 301 g/mol. The maximum atomic E-state index is 9.51. The predicted molar refractivity (Wildman–Crippen MR) is 70.0 cm³/mol. The van der Waals surface area contributed by atoms with Gasteiger partial charge in [0.05, 0.1) is 6.61 Å². The number of rotatable bonds is 2. The summed E-state index contributed by atoms with van der Waals surface area (Å²) in [6.07, 6.45) is 0. The maximum Gasteiger partial charge on any atom is 0.164 e. The molecule has 1 aromatic rings. The molecule has 3 nitrogen and oxygen atoms in total. The minimum atomic E-state index is -0.307. The molecule has 94 valence electrons. The predicted octanol–water partition coefficient (Wildman–Crippen LogP) is 2.80. The molecule has 0 bridgehead atoms. The largest absolute Gasteiger partial charge is 0.486 e. The topological polar surface area (TPSA) is 38.7 Å². The molecule has 1 aliphatic heterocycles. The summed E-state index contributed by atoms with van der Waals surface area (Å²) in [7, 11) is 0. The van der Waals surface area contributed by atoms with E-state index in [9.17, 15) is 5.11 Å². The van der Waals surface area contributed by atoms with E-state index in [4.69, 9.17) is 9.47 Å². The van der Waals surface area contributed by atoms with Gasteiger partial charge in [-0.1, -0.05) is 29.8 Å². The molecule has 0 aliphatic carbocycles. The lowest BCUT2D eigenvalue weighted by molar-refractivity contribution is 0.168. The third-order valence-electron chi connectivity index (χ3n) is 3.10. The van der Waals surface area contributed by atoms with Crippen molar-refractivity contribution in [1.82, 2.24) is 0 Å². The molecular formula is C13H17BrO3. The van der Waals surface area contributed by atoms with Crippen molar-refractivity contribution < 1.29 is 14.6 Å². The van der Waals surface area contributed by atoms with E-state index in [0.717, 1.165) is 27.1 Å². The molecule has 0 saturated carbocycles. The number of fused-ring (bicyclic) bond motifs is 1. The van der Waals surface area contributed by atoms with Gasteiger partial charge in [0.15, 0.2) is 11.5 Å². The zero-order valence-electron chi connectivity index (χ0n) is 10.3. The fourth-order valence-corrected chi connectivity index (χ4v) is 3.26. The molecule has 2 rings (SSSR count). The fourth-order valence-electron chi connectivity index (χ4n) is 2.22. The smallest absolute Gasteiger partial charge is 0.164 e. The lowest BCUT2D eigenvalue weighted by Gasteiger charge is -2.29. The Labute approximate surface area is 110 Å². The maximum absolute atomic E-state index is 9.51. The first-order chi connectivity index (χ1) is 7.97. The normalized spacial score (nSPS) is 14.9. The van der Waals surface area contributed by atoms with E-state index >= 15 is 0 Å². The highest BCUT2D eigenvalue weighted by atomic mass is 79.9. The highest BCUT2D eigenvalue weighted by molar-refractivity contribution is 9.10. The number of benzene rings is 1. The Kier molecular flexibility index (Phi) is 3.36. The van der Waals surface area contributed by atoms with Crippen LogP contribution in [0, 0.1) is 6.92 Å². The van der Waals surface area contributed by atoms with Gasteiger partial charge in [-0.15, -0.1) is 0 Å². The van der Waals surface area contributed by atoms with Crippen molar-refractivity contribution in [2.45, 2.75) is 26.2 Å². The Bertz CT molecular complexity index is 441. The van der Waals surface area contributed by atoms with Gasteiger partial charge in [0, 0.05) is 9.89 Å². The van der Waals surface area contributed by atoms with Crippen molar-refractivity contribution in [3.63, 3.8) is 0 Å². The summed E-state index contributed by atoms with van der Waals surface area (Å²) in [6.45, 7) is 7.28. The first-order valence-corrected chi connectivity index (χ1v) is 6.46. The third-order valence-corrected chi connectivity index (χ3v) is 3.72. The molecule has 0 fully saturated rings. The molecule has 0 amide bonds. The molecular weight excluding hydrogens is 284 g/mol. The van der Waals surface area contributed by atoms with Crippen molar-refractivity contribution in [1.29, 1.82) is 0 Å². The molecule has 0 radical (unpaired) electrons. The van der Waals surface area contributed by atoms with E-state index in [2.05, 4.69) is 15.9 Å². The van der Waals surface area contributed by atoms with Gasteiger partial charge in [0.25, 0.3) is 0 Å². The number of aliphatic hydroxyl groups is 1. The second kappa shape index (κ2) is 4.50. The lowest BCUT2D eigenvalue weighted by Crippen LogP contribution is -2.25. The first kappa shape index (κ1) is 12.7. The van der Waals surface area contributed by atoms with Crippen LogP contribution in [0.5, 0.6) is 11.5 Å². The van der Waals surface area contributed by atoms with Crippen LogP contribution in [0.15, 0.2) is 10.5 Å². The quantitative estimate of drug-likeness (QED) is 0.913. The molecule has 17 heavy (non-hydrogen) atoms. The van der Waals surface area contributed by atoms with Crippen molar-refractivity contribution >= 4 is 15.9 Å². The van der Waals surface area contributed by atoms with Crippen LogP contribution < -0.4 is 9.47 Å². The van der Waals surface area contributed by atoms with E-state index in [1.54, 1.807) is 0 Å². The van der Waals surface area contributed by atoms with Crippen LogP contribution in [-0.2, 0) is 5.41 Å². The first-order valence-electron chi connectivity index (χ1n) is 5.67. The van der Waals surface area contributed by atoms with Crippen LogP contribution in [0.1, 0.15) is 25.0 Å². The Hall–Kier alpha value is -0.740. The summed E-state index contributed by atoms with van der Waals surface area (Å²) in [5.41, 5.74) is 1.80. The van der Waals surface area contributed by atoms with E-state index < -0.39 is 0 Å². The summed E-state index contributed by atoms with van der Waals surface area (Å²) < 4.78 is 12.2. The third kappa shape index (κ3) is 2.16. The molecule has 0 unspecified atom stereocenters. The number of ether oxygens (including phenoxy) is 2. The fraction of sp³-hybridized carbons (Fsp3) is 0.538. The summed E-state index contributed by atoms with van der Waals surface area (Å²) >= 11 is 3.56. The van der Waals surface area contributed by atoms with Crippen LogP contribution >= 0.6 is 15.9 Å². The Morgan fingerprint density at radius 3 is 2.65 bits per heavy atom. The zero-order valence-corrected chi connectivity index (χ0v) is 11.9. The summed E-state index contributed by atoms with van der Waals surface area (Å²) in [6, 6.07) is 1.92. The van der Waals surface area contributed by atoms with Gasteiger partial charge in [-0.3, -0.25) is 0 Å². The SMILES string of the molecule is Cc1c2c(cc(Br)c1C(C)(C)CO)OCCO2. The van der Waals surface area contributed by atoms with Crippen LogP contribution in [0.3, 0.4) is 0 Å². The number of aliphatic hydroxyl groups excluding tert-OH is 1. The van der Waals surface area contributed by atoms with Crippen LogP contribution in [0.25, 0.3) is 0 Å². The van der Waals surface area contributed by atoms with Crippen molar-refractivity contribution in [2.24, 2.45) is 0 Å². The van der Waals surface area contributed by atoms with E-state index in [1.807, 2.05) is 26.8 Å². The van der Waals surface area contributed by atoms with Gasteiger partial charge in [0.2, 0.25) is 0 Å². The van der Waals surface area contributed by atoms with Crippen molar-refractivity contribution in [3.8, 4) is 11.5 Å². The lowest BCUT2D eigenvalue weighted by atomic mass is 9.82. The van der Waals surface area contributed by atoms with E-state index in [0.29, 0.717) is 13.2 Å². The van der Waals surface area contributed by atoms with Gasteiger partial charge in [0.1, 0.15) is 13.2 Å². The molecule has 1 N–H and O–H groups in total. The Balaban J connectivity index is 2.61. The molecule has 1 aromatic carbocycles. The van der Waals surface area contributed by atoms with E-state index in [1.165, 1.54) is 0 Å². The van der Waals surface area contributed by atoms with Gasteiger partial charge in [-0.2, -0.15) is 0 Å². The molecule has 1 heterocycles. The van der Waals surface area contributed by atoms with Gasteiger partial charge < -0.3 is 14.6 Å². The second-order valence-electron chi connectivity index (χ2n) is 4.92. The summed E-state index contributed by atoms with van der Waals surface area (Å²) in [5, 5.41) is 9.51. The summed E-state index contributed by atoms with van der Waals surface area (Å²) in [4.78, 5) is 0. The van der Waals surface area contributed by atoms with Crippen molar-refractivity contribution in [2.75, 3.05) is 19.8 Å². The van der Waals surface area contributed by atoms with Crippen LogP contribution in [-0.4, -0.2) is 24.9 Å². The molecule has 0 atom stereocenters. The molecule has 1 aliphatic rings. The van der Waals surface area contributed by atoms with Crippen molar-refractivity contribution in [3.05, 3.63) is 21.7 Å². The minimum absolute atomic E-state index is 0.0894. The van der Waals surface area contributed by atoms with Gasteiger partial charge >= 0.3 is 0 Å². The van der Waals surface area contributed by atoms with Gasteiger partial charge in [-0.25, -0.2) is 0 Å². The highest BCUT2D eigenvalue weighted by Crippen LogP contribution is 2.43. The molecule has 4 heteroatoms. The highest BCUT2D eigenvalue weighted by Gasteiger charge is 2.29. The molecule has 0 saturated heterocycles. The van der Waals surface area contributed by atoms with E-state index in [-0.39, 0.29) is 12.0 Å². The second-order valence-corrected chi connectivity index (χ2v) is 5.78. The number of hydrogen-bond donors (Lipinski definition) is 1. The minimum Gasteiger partial charge on any atom is -0.486 e. The monoisotopic (exact) mass is 300 g/mol. The van der Waals surface area contributed by atoms with Crippen LogP contribution in [0.2, 0.25) is 0 Å².